The van der Waals surface area contributed by atoms with Gasteiger partial charge >= 0.3 is 0 Å². The Balaban J connectivity index is 0. The molecule has 0 heterocycles. The highest BCUT2D eigenvalue weighted by Gasteiger charge is 2.03. The van der Waals surface area contributed by atoms with Gasteiger partial charge in [0, 0.05) is 0 Å². The first-order valence-electron chi connectivity index (χ1n) is 17.6. The van der Waals surface area contributed by atoms with Gasteiger partial charge in [0.2, 0.25) is 0 Å². The Morgan fingerprint density at radius 2 is 0.600 bits per heavy atom. The van der Waals surface area contributed by atoms with Gasteiger partial charge in [0.05, 0.1) is 26.5 Å². The van der Waals surface area contributed by atoms with Crippen LogP contribution in [0, 0.1) is 0 Å². The van der Waals surface area contributed by atoms with Crippen LogP contribution in [0.3, 0.4) is 0 Å². The first kappa shape index (κ1) is 41.3. The lowest BCUT2D eigenvalue weighted by atomic mass is 10.0. The Morgan fingerprint density at radius 1 is 0.350 bits per heavy atom. The number of hydrogen-bond acceptors (Lipinski definition) is 0. The molecular formula is C38H72ClN. The summed E-state index contributed by atoms with van der Waals surface area (Å²) in [7, 11) is 4.45. The Morgan fingerprint density at radius 3 is 0.875 bits per heavy atom. The second-order valence-electron chi connectivity index (χ2n) is 12.5. The number of rotatable bonds is 30. The third kappa shape index (κ3) is 35.2. The smallest absolute Gasteiger partial charge is 0.1000 e. The van der Waals surface area contributed by atoms with Crippen LogP contribution in [0.15, 0.2) is 48.9 Å². The van der Waals surface area contributed by atoms with Crippen LogP contribution in [0.5, 0.6) is 0 Å². The molecule has 40 heavy (non-hydrogen) atoms. The van der Waals surface area contributed by atoms with E-state index < -0.39 is 0 Å². The van der Waals surface area contributed by atoms with Crippen molar-refractivity contribution in [2.75, 3.05) is 14.1 Å². The minimum Gasteiger partial charge on any atom is -1.00 e. The number of halogens is 1. The topological polar surface area (TPSA) is 0 Å². The van der Waals surface area contributed by atoms with Crippen LogP contribution >= 0.6 is 0 Å². The fraction of sp³-hybridized carbons (Fsp3) is 0.789. The molecule has 1 nitrogen and oxygen atoms in total. The number of quaternary nitrogens is 1. The first-order valence-corrected chi connectivity index (χ1v) is 17.6. The number of unbranched alkanes of at least 4 members (excludes halogenated alkanes) is 24. The van der Waals surface area contributed by atoms with Gasteiger partial charge in [-0.05, 0) is 37.8 Å². The van der Waals surface area contributed by atoms with Crippen LogP contribution in [0.25, 0.3) is 0 Å². The number of hydrogen-bond donors (Lipinski definition) is 0. The van der Waals surface area contributed by atoms with Crippen LogP contribution in [0.1, 0.15) is 181 Å². The molecule has 0 bridgehead atoms. The quantitative estimate of drug-likeness (QED) is 0.0452. The maximum atomic E-state index is 2.34. The van der Waals surface area contributed by atoms with Crippen molar-refractivity contribution >= 4 is 0 Å². The molecule has 0 amide bonds. The van der Waals surface area contributed by atoms with Crippen molar-refractivity contribution < 1.29 is 16.9 Å². The molecule has 0 aromatic rings. The van der Waals surface area contributed by atoms with Crippen LogP contribution in [0.2, 0.25) is 0 Å². The summed E-state index contributed by atoms with van der Waals surface area (Å²) < 4.78 is 0.784. The van der Waals surface area contributed by atoms with Crippen molar-refractivity contribution in [2.24, 2.45) is 0 Å². The fourth-order valence-electron chi connectivity index (χ4n) is 5.15. The minimum absolute atomic E-state index is 0. The summed E-state index contributed by atoms with van der Waals surface area (Å²) in [6.07, 6.45) is 54.7. The molecule has 0 aliphatic heterocycles. The summed E-state index contributed by atoms with van der Waals surface area (Å²) in [5.41, 5.74) is 0. The van der Waals surface area contributed by atoms with E-state index in [2.05, 4.69) is 76.8 Å². The van der Waals surface area contributed by atoms with E-state index >= 15 is 0 Å². The van der Waals surface area contributed by atoms with Crippen molar-refractivity contribution in [3.8, 4) is 0 Å². The molecule has 0 aliphatic rings. The molecule has 0 saturated carbocycles. The molecule has 0 aliphatic carbocycles. The molecular weight excluding hydrogens is 506 g/mol. The van der Waals surface area contributed by atoms with E-state index in [0.717, 1.165) is 4.48 Å². The van der Waals surface area contributed by atoms with Gasteiger partial charge in [0.15, 0.2) is 0 Å². The Hall–Kier alpha value is -0.790. The van der Waals surface area contributed by atoms with E-state index in [1.165, 1.54) is 167 Å². The lowest BCUT2D eigenvalue weighted by Crippen LogP contribution is -3.00. The zero-order chi connectivity index (χ0) is 28.5. The predicted octanol–water partition coefficient (Wildman–Crippen LogP) is 10.4. The molecule has 2 heteroatoms. The van der Waals surface area contributed by atoms with Crippen molar-refractivity contribution in [3.63, 3.8) is 0 Å². The lowest BCUT2D eigenvalue weighted by Gasteiger charge is -2.18. The normalized spacial score (nSPS) is 12.5. The predicted molar refractivity (Wildman–Crippen MR) is 180 cm³/mol. The minimum atomic E-state index is 0. The van der Waals surface area contributed by atoms with E-state index in [9.17, 15) is 0 Å². The average Bonchev–Trinajstić information content (AvgIpc) is 2.92. The van der Waals surface area contributed by atoms with E-state index in [4.69, 9.17) is 0 Å². The molecule has 0 N–H and O–H groups in total. The molecule has 236 valence electrons. The standard InChI is InChI=1S/C38H72N.ClH/c1-5-7-9-11-13-15-17-19-21-23-25-27-29-31-33-35-37-39(3,4)38-36-34-32-30-28-26-24-22-20-18-16-14-12-10-8-6-2;/h31-38H,5-30H2,1-4H3;1H/q+1;/p-1. The van der Waals surface area contributed by atoms with Crippen LogP contribution in [0.4, 0.5) is 0 Å². The highest BCUT2D eigenvalue weighted by molar-refractivity contribution is 5.03. The molecule has 0 unspecified atom stereocenters. The SMILES string of the molecule is CCCCCCCCCCCCCCC=CC=C[N+](C)(C)C=CC=CCCCCCCCCCCCCCC.[Cl-]. The third-order valence-electron chi connectivity index (χ3n) is 7.88. The van der Waals surface area contributed by atoms with E-state index in [0.29, 0.717) is 0 Å². The van der Waals surface area contributed by atoms with Crippen molar-refractivity contribution in [1.82, 2.24) is 0 Å². The van der Waals surface area contributed by atoms with E-state index in [1.807, 2.05) is 0 Å². The summed E-state index contributed by atoms with van der Waals surface area (Å²) in [6, 6.07) is 0. The summed E-state index contributed by atoms with van der Waals surface area (Å²) in [5.74, 6) is 0. The maximum absolute atomic E-state index is 2.34. The van der Waals surface area contributed by atoms with Gasteiger partial charge in [-0.25, -0.2) is 0 Å². The second-order valence-corrected chi connectivity index (χ2v) is 12.5. The Bertz CT molecular complexity index is 536. The highest BCUT2D eigenvalue weighted by atomic mass is 35.5. The van der Waals surface area contributed by atoms with Crippen LogP contribution < -0.4 is 12.4 Å². The maximum Gasteiger partial charge on any atom is 0.1000 e. The van der Waals surface area contributed by atoms with E-state index in [1.54, 1.807) is 0 Å². The summed E-state index contributed by atoms with van der Waals surface area (Å²) in [6.45, 7) is 4.59. The summed E-state index contributed by atoms with van der Waals surface area (Å²) in [5, 5.41) is 0. The molecule has 0 atom stereocenters. The monoisotopic (exact) mass is 578 g/mol. The van der Waals surface area contributed by atoms with Crippen molar-refractivity contribution in [3.05, 3.63) is 48.9 Å². The molecule has 0 spiro atoms. The zero-order valence-corrected chi connectivity index (χ0v) is 28.6. The third-order valence-corrected chi connectivity index (χ3v) is 7.88. The average molecular weight is 578 g/mol. The van der Waals surface area contributed by atoms with Gasteiger partial charge in [-0.2, -0.15) is 0 Å². The van der Waals surface area contributed by atoms with Crippen molar-refractivity contribution in [1.29, 1.82) is 0 Å². The molecule has 0 rings (SSSR count). The molecule has 0 aromatic carbocycles. The summed E-state index contributed by atoms with van der Waals surface area (Å²) in [4.78, 5) is 0. The van der Waals surface area contributed by atoms with Gasteiger partial charge in [0.25, 0.3) is 0 Å². The van der Waals surface area contributed by atoms with Gasteiger partial charge in [-0.3, -0.25) is 4.48 Å². The van der Waals surface area contributed by atoms with Crippen molar-refractivity contribution in [2.45, 2.75) is 181 Å². The molecule has 0 aromatic heterocycles. The molecule has 0 fully saturated rings. The second kappa shape index (κ2) is 34.4. The molecule has 0 saturated heterocycles. The van der Waals surface area contributed by atoms with E-state index in [-0.39, 0.29) is 12.4 Å². The Labute approximate surface area is 260 Å². The van der Waals surface area contributed by atoms with Gasteiger partial charge in [0.1, 0.15) is 0 Å². The van der Waals surface area contributed by atoms with Crippen LogP contribution in [-0.2, 0) is 0 Å². The largest absolute Gasteiger partial charge is 1.00 e. The zero-order valence-electron chi connectivity index (χ0n) is 27.8. The highest BCUT2D eigenvalue weighted by Crippen LogP contribution is 2.14. The number of allylic oxidation sites excluding steroid dienone is 6. The fourth-order valence-corrected chi connectivity index (χ4v) is 5.15. The van der Waals surface area contributed by atoms with Crippen LogP contribution in [-0.4, -0.2) is 18.6 Å². The number of nitrogens with zero attached hydrogens (tertiary/aromatic N) is 1. The Kier molecular flexibility index (Phi) is 35.6. The lowest BCUT2D eigenvalue weighted by molar-refractivity contribution is -0.784. The first-order chi connectivity index (χ1) is 19.1. The van der Waals surface area contributed by atoms with Gasteiger partial charge < -0.3 is 12.4 Å². The molecule has 0 radical (unpaired) electrons. The summed E-state index contributed by atoms with van der Waals surface area (Å²) >= 11 is 0. The van der Waals surface area contributed by atoms with Gasteiger partial charge in [-0.15, -0.1) is 0 Å². The van der Waals surface area contributed by atoms with Gasteiger partial charge in [-0.1, -0.05) is 179 Å².